The van der Waals surface area contributed by atoms with E-state index in [0.29, 0.717) is 5.56 Å². The summed E-state index contributed by atoms with van der Waals surface area (Å²) < 4.78 is 2.18. The molecular formula is C30H34N6OS. The zero-order chi connectivity index (χ0) is 26.5. The first-order chi connectivity index (χ1) is 18.5. The Morgan fingerprint density at radius 2 is 1.66 bits per heavy atom. The number of hydrogen-bond acceptors (Lipinski definition) is 6. The molecule has 0 aliphatic carbocycles. The van der Waals surface area contributed by atoms with Crippen molar-refractivity contribution >= 4 is 23.6 Å². The fourth-order valence-corrected chi connectivity index (χ4v) is 5.45. The standard InChI is InChI=1S/C30H34N6OS/c1-22(21-34-16-18-35(19-17-34)30-31-14-7-15-32-30)33-29(37)27-20-28(24-8-5-4-6-9-24)36(23(27)2)25-10-12-26(38-3)13-11-25/h4-15,20,22H,16-19,21H2,1-3H3,(H,33,37). The van der Waals surface area contributed by atoms with Gasteiger partial charge < -0.3 is 14.8 Å². The Morgan fingerprint density at radius 3 is 2.32 bits per heavy atom. The van der Waals surface area contributed by atoms with Gasteiger partial charge in [0, 0.05) is 67.4 Å². The van der Waals surface area contributed by atoms with Gasteiger partial charge in [-0.3, -0.25) is 9.69 Å². The van der Waals surface area contributed by atoms with Crippen LogP contribution in [-0.4, -0.2) is 70.4 Å². The van der Waals surface area contributed by atoms with E-state index in [1.54, 1.807) is 24.2 Å². The SMILES string of the molecule is CSc1ccc(-n2c(-c3ccccc3)cc(C(=O)NC(C)CN3CCN(c4ncccn4)CC3)c2C)cc1. The Bertz CT molecular complexity index is 1350. The molecule has 1 fully saturated rings. The number of hydrogen-bond donors (Lipinski definition) is 1. The van der Waals surface area contributed by atoms with Crippen LogP contribution in [0.5, 0.6) is 0 Å². The maximum absolute atomic E-state index is 13.5. The van der Waals surface area contributed by atoms with E-state index in [2.05, 4.69) is 79.2 Å². The Balaban J connectivity index is 1.29. The van der Waals surface area contributed by atoms with Crippen LogP contribution in [0, 0.1) is 6.92 Å². The molecule has 7 nitrogen and oxygen atoms in total. The lowest BCUT2D eigenvalue weighted by Gasteiger charge is -2.35. The predicted octanol–water partition coefficient (Wildman–Crippen LogP) is 4.91. The van der Waals surface area contributed by atoms with Gasteiger partial charge in [-0.1, -0.05) is 30.3 Å². The molecular weight excluding hydrogens is 492 g/mol. The minimum absolute atomic E-state index is 0.0193. The summed E-state index contributed by atoms with van der Waals surface area (Å²) in [5.41, 5.74) is 4.78. The van der Waals surface area contributed by atoms with Crippen molar-refractivity contribution in [3.8, 4) is 16.9 Å². The smallest absolute Gasteiger partial charge is 0.253 e. The molecule has 0 saturated carbocycles. The number of piperazine rings is 1. The van der Waals surface area contributed by atoms with Gasteiger partial charge in [-0.25, -0.2) is 9.97 Å². The molecule has 4 aromatic rings. The lowest BCUT2D eigenvalue weighted by Crippen LogP contribution is -2.51. The topological polar surface area (TPSA) is 66.3 Å². The second kappa shape index (κ2) is 11.8. The van der Waals surface area contributed by atoms with Crippen LogP contribution < -0.4 is 10.2 Å². The molecule has 8 heteroatoms. The molecule has 5 rings (SSSR count). The third-order valence-electron chi connectivity index (χ3n) is 7.01. The third-order valence-corrected chi connectivity index (χ3v) is 7.75. The molecule has 38 heavy (non-hydrogen) atoms. The van der Waals surface area contributed by atoms with Gasteiger partial charge in [0.25, 0.3) is 5.91 Å². The number of carbonyl (C=O) groups is 1. The van der Waals surface area contributed by atoms with Crippen LogP contribution in [0.1, 0.15) is 23.0 Å². The van der Waals surface area contributed by atoms with Crippen LogP contribution in [0.3, 0.4) is 0 Å². The van der Waals surface area contributed by atoms with Crippen molar-refractivity contribution < 1.29 is 4.79 Å². The van der Waals surface area contributed by atoms with Gasteiger partial charge in [-0.2, -0.15) is 0 Å². The van der Waals surface area contributed by atoms with E-state index in [1.807, 2.05) is 37.3 Å². The van der Waals surface area contributed by atoms with Crippen LogP contribution in [-0.2, 0) is 0 Å². The van der Waals surface area contributed by atoms with E-state index in [0.717, 1.165) is 61.3 Å². The number of thioether (sulfide) groups is 1. The average Bonchev–Trinajstić information content (AvgIpc) is 3.31. The van der Waals surface area contributed by atoms with E-state index in [1.165, 1.54) is 4.90 Å². The first-order valence-electron chi connectivity index (χ1n) is 13.0. The highest BCUT2D eigenvalue weighted by Gasteiger charge is 2.23. The van der Waals surface area contributed by atoms with Crippen molar-refractivity contribution in [2.75, 3.05) is 43.9 Å². The molecule has 0 bridgehead atoms. The molecule has 0 radical (unpaired) electrons. The number of anilines is 1. The summed E-state index contributed by atoms with van der Waals surface area (Å²) in [6.07, 6.45) is 5.64. The Morgan fingerprint density at radius 1 is 0.974 bits per heavy atom. The maximum Gasteiger partial charge on any atom is 0.253 e. The molecule has 1 unspecified atom stereocenters. The number of benzene rings is 2. The highest BCUT2D eigenvalue weighted by molar-refractivity contribution is 7.98. The monoisotopic (exact) mass is 526 g/mol. The second-order valence-electron chi connectivity index (χ2n) is 9.64. The van der Waals surface area contributed by atoms with Gasteiger partial charge in [0.2, 0.25) is 5.95 Å². The van der Waals surface area contributed by atoms with Crippen LogP contribution in [0.25, 0.3) is 16.9 Å². The zero-order valence-electron chi connectivity index (χ0n) is 22.2. The van der Waals surface area contributed by atoms with Crippen molar-refractivity contribution in [2.24, 2.45) is 0 Å². The van der Waals surface area contributed by atoms with Gasteiger partial charge in [0.05, 0.1) is 11.3 Å². The minimum Gasteiger partial charge on any atom is -0.348 e. The van der Waals surface area contributed by atoms with Gasteiger partial charge in [-0.15, -0.1) is 11.8 Å². The van der Waals surface area contributed by atoms with Gasteiger partial charge >= 0.3 is 0 Å². The van der Waals surface area contributed by atoms with Crippen molar-refractivity contribution in [1.29, 1.82) is 0 Å². The van der Waals surface area contributed by atoms with E-state index in [-0.39, 0.29) is 11.9 Å². The van der Waals surface area contributed by atoms with E-state index in [4.69, 9.17) is 0 Å². The molecule has 3 heterocycles. The third kappa shape index (κ3) is 5.76. The van der Waals surface area contributed by atoms with Crippen LogP contribution >= 0.6 is 11.8 Å². The summed E-state index contributed by atoms with van der Waals surface area (Å²) in [6.45, 7) is 8.49. The largest absolute Gasteiger partial charge is 0.348 e. The first kappa shape index (κ1) is 26.0. The lowest BCUT2D eigenvalue weighted by molar-refractivity contribution is 0.0927. The number of rotatable bonds is 8. The molecule has 0 spiro atoms. The number of carbonyl (C=O) groups excluding carboxylic acids is 1. The predicted molar refractivity (Wildman–Crippen MR) is 155 cm³/mol. The normalized spacial score (nSPS) is 14.9. The van der Waals surface area contributed by atoms with E-state index < -0.39 is 0 Å². The van der Waals surface area contributed by atoms with Crippen LogP contribution in [0.4, 0.5) is 5.95 Å². The summed E-state index contributed by atoms with van der Waals surface area (Å²) in [7, 11) is 0. The minimum atomic E-state index is -0.0389. The molecule has 1 saturated heterocycles. The van der Waals surface area contributed by atoms with Crippen LogP contribution in [0.15, 0.2) is 84.0 Å². The molecule has 196 valence electrons. The molecule has 1 aliphatic rings. The molecule has 1 atom stereocenters. The van der Waals surface area contributed by atoms with Gasteiger partial charge in [0.1, 0.15) is 0 Å². The quantitative estimate of drug-likeness (QED) is 0.329. The summed E-state index contributed by atoms with van der Waals surface area (Å²) in [5.74, 6) is 0.744. The highest BCUT2D eigenvalue weighted by atomic mass is 32.2. The molecule has 2 aromatic heterocycles. The Kier molecular flexibility index (Phi) is 8.10. The highest BCUT2D eigenvalue weighted by Crippen LogP contribution is 2.30. The van der Waals surface area contributed by atoms with Crippen molar-refractivity contribution in [3.63, 3.8) is 0 Å². The van der Waals surface area contributed by atoms with Crippen molar-refractivity contribution in [2.45, 2.75) is 24.8 Å². The Hall–Kier alpha value is -3.62. The van der Waals surface area contributed by atoms with Gasteiger partial charge in [-0.05, 0) is 62.1 Å². The fraction of sp³-hybridized carbons (Fsp3) is 0.300. The van der Waals surface area contributed by atoms with Crippen LogP contribution in [0.2, 0.25) is 0 Å². The number of nitrogens with one attached hydrogen (secondary N) is 1. The number of aromatic nitrogens is 3. The van der Waals surface area contributed by atoms with Crippen molar-refractivity contribution in [3.05, 3.63) is 90.4 Å². The lowest BCUT2D eigenvalue weighted by atomic mass is 10.1. The second-order valence-corrected chi connectivity index (χ2v) is 10.5. The molecule has 1 aliphatic heterocycles. The average molecular weight is 527 g/mol. The number of nitrogens with zero attached hydrogens (tertiary/aromatic N) is 5. The van der Waals surface area contributed by atoms with Gasteiger partial charge in [0.15, 0.2) is 0 Å². The number of amides is 1. The van der Waals surface area contributed by atoms with E-state index in [9.17, 15) is 4.79 Å². The fourth-order valence-electron chi connectivity index (χ4n) is 5.04. The zero-order valence-corrected chi connectivity index (χ0v) is 23.0. The summed E-state index contributed by atoms with van der Waals surface area (Å²) >= 11 is 1.72. The summed E-state index contributed by atoms with van der Waals surface area (Å²) in [4.78, 5) is 28.1. The van der Waals surface area contributed by atoms with Crippen molar-refractivity contribution in [1.82, 2.24) is 24.8 Å². The maximum atomic E-state index is 13.5. The summed E-state index contributed by atoms with van der Waals surface area (Å²) in [6, 6.07) is 22.6. The Labute approximate surface area is 228 Å². The summed E-state index contributed by atoms with van der Waals surface area (Å²) in [5, 5.41) is 3.25. The first-order valence-corrected chi connectivity index (χ1v) is 14.2. The molecule has 1 amide bonds. The molecule has 1 N–H and O–H groups in total. The molecule has 2 aromatic carbocycles. The van der Waals surface area contributed by atoms with E-state index >= 15 is 0 Å².